The fourth-order valence-electron chi connectivity index (χ4n) is 2.07. The number of sulfonamides is 1. The minimum absolute atomic E-state index is 0.00372. The molecule has 0 fully saturated rings. The van der Waals surface area contributed by atoms with E-state index in [-0.39, 0.29) is 24.8 Å². The smallest absolute Gasteiger partial charge is 0.423 e. The van der Waals surface area contributed by atoms with E-state index in [1.807, 2.05) is 13.8 Å². The van der Waals surface area contributed by atoms with Crippen LogP contribution in [0.5, 0.6) is 5.75 Å². The van der Waals surface area contributed by atoms with Gasteiger partial charge in [0, 0.05) is 12.5 Å². The predicted molar refractivity (Wildman–Crippen MR) is 93.5 cm³/mol. The minimum atomic E-state index is -3.78. The van der Waals surface area contributed by atoms with Crippen LogP contribution in [0.15, 0.2) is 24.3 Å². The number of nitrogens with zero attached hydrogens (tertiary/aromatic N) is 1. The van der Waals surface area contributed by atoms with E-state index >= 15 is 0 Å². The van der Waals surface area contributed by atoms with E-state index in [9.17, 15) is 18.3 Å². The van der Waals surface area contributed by atoms with Gasteiger partial charge in [-0.15, -0.1) is 0 Å². The molecule has 0 aliphatic carbocycles. The summed E-state index contributed by atoms with van der Waals surface area (Å²) in [5, 5.41) is 8.63. The van der Waals surface area contributed by atoms with Gasteiger partial charge in [-0.05, 0) is 38.0 Å². The number of rotatable bonds is 8. The third-order valence-electron chi connectivity index (χ3n) is 3.73. The molecule has 0 saturated carbocycles. The number of hydrogen-bond donors (Lipinski definition) is 1. The molecule has 0 heterocycles. The SMILES string of the molecule is CCCCOC(=O)N(CC(C)c1ccc(O)cc1)S(=O)(=O)C(C)C. The summed E-state index contributed by atoms with van der Waals surface area (Å²) in [5.41, 5.74) is 0.832. The molecule has 1 unspecified atom stereocenters. The lowest BCUT2D eigenvalue weighted by atomic mass is 10.0. The molecule has 1 amide bonds. The van der Waals surface area contributed by atoms with Crippen molar-refractivity contribution in [1.82, 2.24) is 4.31 Å². The molecule has 7 heteroatoms. The zero-order chi connectivity index (χ0) is 18.3. The average molecular weight is 357 g/mol. The molecule has 1 aromatic carbocycles. The Morgan fingerprint density at radius 2 is 1.79 bits per heavy atom. The maximum atomic E-state index is 12.5. The summed E-state index contributed by atoms with van der Waals surface area (Å²) in [4.78, 5) is 12.3. The summed E-state index contributed by atoms with van der Waals surface area (Å²) in [6.07, 6.45) is 0.714. The quantitative estimate of drug-likeness (QED) is 0.720. The van der Waals surface area contributed by atoms with Gasteiger partial charge in [-0.3, -0.25) is 0 Å². The Kier molecular flexibility index (Phi) is 7.54. The van der Waals surface area contributed by atoms with E-state index in [0.717, 1.165) is 16.3 Å². The average Bonchev–Trinajstić information content (AvgIpc) is 2.52. The Labute approximate surface area is 144 Å². The molecule has 1 rings (SSSR count). The first kappa shape index (κ1) is 20.3. The number of carbonyl (C=O) groups excluding carboxylic acids is 1. The van der Waals surface area contributed by atoms with Crippen molar-refractivity contribution in [3.63, 3.8) is 0 Å². The lowest BCUT2D eigenvalue weighted by Gasteiger charge is -2.26. The van der Waals surface area contributed by atoms with E-state index in [1.54, 1.807) is 12.1 Å². The van der Waals surface area contributed by atoms with Crippen molar-refractivity contribution in [3.05, 3.63) is 29.8 Å². The number of carbonyl (C=O) groups is 1. The normalized spacial score (nSPS) is 12.9. The molecule has 6 nitrogen and oxygen atoms in total. The molecule has 136 valence electrons. The fourth-order valence-corrected chi connectivity index (χ4v) is 3.27. The van der Waals surface area contributed by atoms with Crippen LogP contribution in [0.3, 0.4) is 0 Å². The first-order valence-electron chi connectivity index (χ1n) is 8.17. The standard InChI is InChI=1S/C17H27NO5S/c1-5-6-11-23-17(20)18(24(21,22)13(2)3)12-14(4)15-7-9-16(19)10-8-15/h7-10,13-14,19H,5-6,11-12H2,1-4H3. The van der Waals surface area contributed by atoms with Crippen LogP contribution in [0, 0.1) is 0 Å². The van der Waals surface area contributed by atoms with Crippen molar-refractivity contribution in [2.75, 3.05) is 13.2 Å². The number of ether oxygens (including phenoxy) is 1. The molecule has 1 atom stereocenters. The zero-order valence-electron chi connectivity index (χ0n) is 14.7. The van der Waals surface area contributed by atoms with Gasteiger partial charge in [0.2, 0.25) is 10.0 Å². The second kappa shape index (κ2) is 8.92. The molecule has 0 aliphatic rings. The summed E-state index contributed by atoms with van der Waals surface area (Å²) in [7, 11) is -3.78. The zero-order valence-corrected chi connectivity index (χ0v) is 15.5. The van der Waals surface area contributed by atoms with Crippen molar-refractivity contribution in [1.29, 1.82) is 0 Å². The van der Waals surface area contributed by atoms with E-state index in [1.165, 1.54) is 26.0 Å². The summed E-state index contributed by atoms with van der Waals surface area (Å²) in [6, 6.07) is 6.49. The summed E-state index contributed by atoms with van der Waals surface area (Å²) >= 11 is 0. The van der Waals surface area contributed by atoms with Crippen LogP contribution in [0.1, 0.15) is 52.0 Å². The van der Waals surface area contributed by atoms with Crippen LogP contribution in [-0.4, -0.2) is 42.3 Å². The molecule has 1 aromatic rings. The highest BCUT2D eigenvalue weighted by Crippen LogP contribution is 2.22. The summed E-state index contributed by atoms with van der Waals surface area (Å²) in [6.45, 7) is 7.06. The molecule has 0 bridgehead atoms. The van der Waals surface area contributed by atoms with Gasteiger partial charge in [-0.25, -0.2) is 17.5 Å². The van der Waals surface area contributed by atoms with Gasteiger partial charge in [0.1, 0.15) is 5.75 Å². The van der Waals surface area contributed by atoms with Gasteiger partial charge in [0.05, 0.1) is 11.9 Å². The first-order chi connectivity index (χ1) is 11.2. The Hall–Kier alpha value is -1.76. The van der Waals surface area contributed by atoms with Crippen LogP contribution in [0.4, 0.5) is 4.79 Å². The highest BCUT2D eigenvalue weighted by Gasteiger charge is 2.33. The maximum Gasteiger partial charge on any atom is 0.423 e. The van der Waals surface area contributed by atoms with Gasteiger partial charge in [-0.1, -0.05) is 32.4 Å². The number of unbranched alkanes of at least 4 members (excludes halogenated alkanes) is 1. The highest BCUT2D eigenvalue weighted by molar-refractivity contribution is 7.90. The molecule has 24 heavy (non-hydrogen) atoms. The topological polar surface area (TPSA) is 83.9 Å². The van der Waals surface area contributed by atoms with Gasteiger partial charge >= 0.3 is 6.09 Å². The Balaban J connectivity index is 2.96. The number of amides is 1. The second-order valence-electron chi connectivity index (χ2n) is 6.09. The third-order valence-corrected chi connectivity index (χ3v) is 5.84. The van der Waals surface area contributed by atoms with E-state index in [2.05, 4.69) is 0 Å². The van der Waals surface area contributed by atoms with Crippen LogP contribution in [0.2, 0.25) is 0 Å². The molecule has 0 aliphatic heterocycles. The maximum absolute atomic E-state index is 12.5. The second-order valence-corrected chi connectivity index (χ2v) is 8.50. The molecule has 1 N–H and O–H groups in total. The number of aromatic hydroxyl groups is 1. The van der Waals surface area contributed by atoms with Crippen LogP contribution >= 0.6 is 0 Å². The van der Waals surface area contributed by atoms with Crippen molar-refractivity contribution in [3.8, 4) is 5.75 Å². The summed E-state index contributed by atoms with van der Waals surface area (Å²) < 4.78 is 31.0. The van der Waals surface area contributed by atoms with Crippen molar-refractivity contribution in [2.24, 2.45) is 0 Å². The Morgan fingerprint density at radius 1 is 1.21 bits per heavy atom. The van der Waals surface area contributed by atoms with Gasteiger partial charge in [0.15, 0.2) is 0 Å². The molecular weight excluding hydrogens is 330 g/mol. The molecule has 0 aromatic heterocycles. The van der Waals surface area contributed by atoms with Crippen molar-refractivity contribution in [2.45, 2.75) is 51.7 Å². The number of hydrogen-bond acceptors (Lipinski definition) is 5. The first-order valence-corrected chi connectivity index (χ1v) is 9.67. The lowest BCUT2D eigenvalue weighted by molar-refractivity contribution is 0.122. The van der Waals surface area contributed by atoms with E-state index in [4.69, 9.17) is 4.74 Å². The van der Waals surface area contributed by atoms with Crippen LogP contribution in [0.25, 0.3) is 0 Å². The van der Waals surface area contributed by atoms with Crippen molar-refractivity contribution >= 4 is 16.1 Å². The molecule has 0 saturated heterocycles. The molecular formula is C17H27NO5S. The van der Waals surface area contributed by atoms with Crippen molar-refractivity contribution < 1.29 is 23.1 Å². The Morgan fingerprint density at radius 3 is 2.29 bits per heavy atom. The van der Waals surface area contributed by atoms with Gasteiger partial charge in [-0.2, -0.15) is 0 Å². The van der Waals surface area contributed by atoms with Crippen LogP contribution < -0.4 is 0 Å². The molecule has 0 spiro atoms. The van der Waals surface area contributed by atoms with Gasteiger partial charge < -0.3 is 9.84 Å². The third kappa shape index (κ3) is 5.40. The molecule has 0 radical (unpaired) electrons. The minimum Gasteiger partial charge on any atom is -0.508 e. The van der Waals surface area contributed by atoms with E-state index < -0.39 is 21.4 Å². The monoisotopic (exact) mass is 357 g/mol. The number of phenolic OH excluding ortho intramolecular Hbond substituents is 1. The summed E-state index contributed by atoms with van der Waals surface area (Å²) in [5.74, 6) is -0.0885. The number of phenols is 1. The predicted octanol–water partition coefficient (Wildman–Crippen LogP) is 3.47. The van der Waals surface area contributed by atoms with Gasteiger partial charge in [0.25, 0.3) is 0 Å². The van der Waals surface area contributed by atoms with E-state index in [0.29, 0.717) is 6.42 Å². The fraction of sp³-hybridized carbons (Fsp3) is 0.588. The highest BCUT2D eigenvalue weighted by atomic mass is 32.2. The largest absolute Gasteiger partial charge is 0.508 e. The van der Waals surface area contributed by atoms with Crippen LogP contribution in [-0.2, 0) is 14.8 Å². The number of benzene rings is 1. The Bertz CT molecular complexity index is 625. The lowest BCUT2D eigenvalue weighted by Crippen LogP contribution is -2.43.